The largest absolute Gasteiger partial charge is 0.309 e. The average molecular weight is 529 g/mol. The Hall–Kier alpha value is -5.14. The van der Waals surface area contributed by atoms with Crippen LogP contribution in [-0.4, -0.2) is 14.1 Å². The standard InChI is InChI=1S/C37H28N4/c1-24-9-6-14-32-33-15-8-18-39-37(33)41(36(24)32)29-21-27(26-11-7-10-25(19-26)23-38)20-28(22-29)40-34-16-4-2-12-30(34)31-13-3-5-17-35(31)40/h2,4-8,10-12,14-22,24H,3,9,13H2,1H3. The van der Waals surface area contributed by atoms with E-state index < -0.39 is 0 Å². The molecule has 0 N–H and O–H groups in total. The van der Waals surface area contributed by atoms with Crippen LogP contribution in [0.4, 0.5) is 0 Å². The number of nitriles is 1. The quantitative estimate of drug-likeness (QED) is 0.230. The van der Waals surface area contributed by atoms with Crippen LogP contribution >= 0.6 is 0 Å². The van der Waals surface area contributed by atoms with Crippen LogP contribution in [0.1, 0.15) is 53.8 Å². The second-order valence-corrected chi connectivity index (χ2v) is 11.1. The highest BCUT2D eigenvalue weighted by atomic mass is 15.1. The number of aryl methyl sites for hydroxylation is 1. The van der Waals surface area contributed by atoms with E-state index in [1.165, 1.54) is 38.8 Å². The normalized spacial score (nSPS) is 15.7. The molecule has 3 aromatic heterocycles. The number of para-hydroxylation sites is 1. The number of allylic oxidation sites excluding steroid dienone is 2. The summed E-state index contributed by atoms with van der Waals surface area (Å²) in [5.41, 5.74) is 12.4. The van der Waals surface area contributed by atoms with Crippen LogP contribution in [0.15, 0.2) is 97.2 Å². The van der Waals surface area contributed by atoms with Crippen LogP contribution in [0.2, 0.25) is 0 Å². The van der Waals surface area contributed by atoms with Gasteiger partial charge in [-0.3, -0.25) is 4.57 Å². The molecule has 1 unspecified atom stereocenters. The van der Waals surface area contributed by atoms with Crippen molar-refractivity contribution in [1.29, 1.82) is 5.26 Å². The van der Waals surface area contributed by atoms with Crippen molar-refractivity contribution in [3.05, 3.63) is 125 Å². The van der Waals surface area contributed by atoms with Gasteiger partial charge in [-0.1, -0.05) is 55.5 Å². The molecule has 196 valence electrons. The number of rotatable bonds is 3. The van der Waals surface area contributed by atoms with Gasteiger partial charge in [0.05, 0.1) is 22.8 Å². The van der Waals surface area contributed by atoms with Crippen LogP contribution in [0.3, 0.4) is 0 Å². The van der Waals surface area contributed by atoms with Crippen molar-refractivity contribution in [2.75, 3.05) is 0 Å². The van der Waals surface area contributed by atoms with E-state index in [0.717, 1.165) is 47.4 Å². The summed E-state index contributed by atoms with van der Waals surface area (Å²) in [5, 5.41) is 12.2. The van der Waals surface area contributed by atoms with Gasteiger partial charge >= 0.3 is 0 Å². The van der Waals surface area contributed by atoms with Crippen LogP contribution in [0, 0.1) is 11.3 Å². The Morgan fingerprint density at radius 1 is 0.829 bits per heavy atom. The molecule has 0 radical (unpaired) electrons. The molecule has 2 aliphatic rings. The van der Waals surface area contributed by atoms with Gasteiger partial charge in [0.2, 0.25) is 0 Å². The molecule has 0 saturated carbocycles. The summed E-state index contributed by atoms with van der Waals surface area (Å²) >= 11 is 0. The van der Waals surface area contributed by atoms with E-state index >= 15 is 0 Å². The van der Waals surface area contributed by atoms with E-state index in [9.17, 15) is 5.26 Å². The number of pyridine rings is 1. The van der Waals surface area contributed by atoms with Crippen molar-refractivity contribution in [3.8, 4) is 28.6 Å². The van der Waals surface area contributed by atoms with Gasteiger partial charge in [0.25, 0.3) is 0 Å². The van der Waals surface area contributed by atoms with E-state index in [1.54, 1.807) is 0 Å². The average Bonchev–Trinajstić information content (AvgIpc) is 3.55. The summed E-state index contributed by atoms with van der Waals surface area (Å²) in [6.45, 7) is 2.31. The molecule has 2 aliphatic carbocycles. The molecule has 0 bridgehead atoms. The highest BCUT2D eigenvalue weighted by Crippen LogP contribution is 2.41. The monoisotopic (exact) mass is 528 g/mol. The van der Waals surface area contributed by atoms with E-state index in [-0.39, 0.29) is 0 Å². The Bertz CT molecular complexity index is 2110. The highest BCUT2D eigenvalue weighted by molar-refractivity contribution is 5.93. The molecular formula is C37H28N4. The van der Waals surface area contributed by atoms with Crippen molar-refractivity contribution in [3.63, 3.8) is 0 Å². The first-order valence-corrected chi connectivity index (χ1v) is 14.3. The van der Waals surface area contributed by atoms with Gasteiger partial charge in [-0.25, -0.2) is 4.98 Å². The molecule has 1 atom stereocenters. The van der Waals surface area contributed by atoms with Gasteiger partial charge < -0.3 is 4.57 Å². The zero-order chi connectivity index (χ0) is 27.5. The third kappa shape index (κ3) is 3.63. The molecule has 0 fully saturated rings. The predicted molar refractivity (Wildman–Crippen MR) is 167 cm³/mol. The number of benzene rings is 3. The number of nitrogens with zero attached hydrogens (tertiary/aromatic N) is 4. The minimum atomic E-state index is 0.362. The lowest BCUT2D eigenvalue weighted by molar-refractivity contribution is 0.722. The first-order valence-electron chi connectivity index (χ1n) is 14.3. The highest BCUT2D eigenvalue weighted by Gasteiger charge is 2.25. The third-order valence-corrected chi connectivity index (χ3v) is 8.65. The third-order valence-electron chi connectivity index (χ3n) is 8.65. The molecule has 0 spiro atoms. The van der Waals surface area contributed by atoms with Crippen LogP contribution < -0.4 is 0 Å². The molecule has 8 rings (SSSR count). The molecule has 3 aromatic carbocycles. The Morgan fingerprint density at radius 3 is 2.59 bits per heavy atom. The maximum Gasteiger partial charge on any atom is 0.145 e. The van der Waals surface area contributed by atoms with Crippen LogP contribution in [-0.2, 0) is 6.42 Å². The summed E-state index contributed by atoms with van der Waals surface area (Å²) in [7, 11) is 0. The summed E-state index contributed by atoms with van der Waals surface area (Å²) in [4.78, 5) is 4.91. The van der Waals surface area contributed by atoms with Crippen molar-refractivity contribution in [1.82, 2.24) is 14.1 Å². The summed E-state index contributed by atoms with van der Waals surface area (Å²) < 4.78 is 4.78. The first-order chi connectivity index (χ1) is 20.2. The van der Waals surface area contributed by atoms with Crippen LogP contribution in [0.5, 0.6) is 0 Å². The van der Waals surface area contributed by atoms with Gasteiger partial charge in [-0.15, -0.1) is 0 Å². The Balaban J connectivity index is 1.48. The van der Waals surface area contributed by atoms with Gasteiger partial charge in [0, 0.05) is 45.5 Å². The lowest BCUT2D eigenvalue weighted by atomic mass is 9.93. The Morgan fingerprint density at radius 2 is 1.68 bits per heavy atom. The smallest absolute Gasteiger partial charge is 0.145 e. The fraction of sp³-hybridized carbons (Fsp3) is 0.135. The fourth-order valence-corrected chi connectivity index (χ4v) is 6.84. The molecule has 6 aromatic rings. The maximum atomic E-state index is 9.67. The number of aromatic nitrogens is 3. The maximum absolute atomic E-state index is 9.67. The minimum absolute atomic E-state index is 0.362. The predicted octanol–water partition coefficient (Wildman–Crippen LogP) is 8.99. The zero-order valence-electron chi connectivity index (χ0n) is 22.9. The van der Waals surface area contributed by atoms with Crippen molar-refractivity contribution < 1.29 is 0 Å². The van der Waals surface area contributed by atoms with Gasteiger partial charge in [0.1, 0.15) is 5.65 Å². The van der Waals surface area contributed by atoms with E-state index in [1.807, 2.05) is 30.5 Å². The van der Waals surface area contributed by atoms with E-state index in [0.29, 0.717) is 11.5 Å². The van der Waals surface area contributed by atoms with Gasteiger partial charge in [-0.2, -0.15) is 5.26 Å². The number of hydrogen-bond donors (Lipinski definition) is 0. The van der Waals surface area contributed by atoms with Crippen molar-refractivity contribution >= 4 is 34.1 Å². The lowest BCUT2D eigenvalue weighted by Crippen LogP contribution is -2.09. The molecule has 0 saturated heterocycles. The zero-order valence-corrected chi connectivity index (χ0v) is 22.9. The Labute approximate surface area is 239 Å². The number of fused-ring (bicyclic) bond motifs is 6. The molecule has 0 amide bonds. The molecule has 4 nitrogen and oxygen atoms in total. The van der Waals surface area contributed by atoms with Gasteiger partial charge in [-0.05, 0) is 90.6 Å². The van der Waals surface area contributed by atoms with E-state index in [2.05, 4.69) is 101 Å². The molecular weight excluding hydrogens is 500 g/mol. The molecule has 41 heavy (non-hydrogen) atoms. The Kier molecular flexibility index (Phi) is 5.33. The second-order valence-electron chi connectivity index (χ2n) is 11.1. The van der Waals surface area contributed by atoms with E-state index in [4.69, 9.17) is 4.98 Å². The lowest BCUT2D eigenvalue weighted by Gasteiger charge is -2.21. The first kappa shape index (κ1) is 23.7. The van der Waals surface area contributed by atoms with Crippen molar-refractivity contribution in [2.24, 2.45) is 0 Å². The van der Waals surface area contributed by atoms with Crippen molar-refractivity contribution in [2.45, 2.75) is 32.1 Å². The van der Waals surface area contributed by atoms with Gasteiger partial charge in [0.15, 0.2) is 0 Å². The summed E-state index contributed by atoms with van der Waals surface area (Å²) in [6, 6.07) is 30.0. The SMILES string of the molecule is CC1CC=Cc2c1n(-c1cc(-c3cccc(C#N)c3)cc(-n3c4c(c5ccccc53)CCC=C4)c1)c1ncccc21. The molecule has 3 heterocycles. The molecule has 4 heteroatoms. The summed E-state index contributed by atoms with van der Waals surface area (Å²) in [6.07, 6.45) is 14.1. The molecule has 0 aliphatic heterocycles. The topological polar surface area (TPSA) is 46.5 Å². The summed E-state index contributed by atoms with van der Waals surface area (Å²) in [5.74, 6) is 0.362. The second kappa shape index (κ2) is 9.21. The van der Waals surface area contributed by atoms with Crippen LogP contribution in [0.25, 0.3) is 56.6 Å². The minimum Gasteiger partial charge on any atom is -0.309 e. The number of hydrogen-bond acceptors (Lipinski definition) is 2. The fourth-order valence-electron chi connectivity index (χ4n) is 6.84.